The molecule has 0 spiro atoms. The quantitative estimate of drug-likeness (QED) is 0.839. The van der Waals surface area contributed by atoms with Gasteiger partial charge in [0.15, 0.2) is 0 Å². The van der Waals surface area contributed by atoms with Crippen LogP contribution in [0.25, 0.3) is 10.9 Å². The topological polar surface area (TPSA) is 27.8 Å². The summed E-state index contributed by atoms with van der Waals surface area (Å²) in [6.07, 6.45) is 3.00. The number of benzene rings is 1. The molecular weight excluding hydrogens is 234 g/mol. The van der Waals surface area contributed by atoms with Crippen LogP contribution in [-0.4, -0.2) is 11.5 Å². The summed E-state index contributed by atoms with van der Waals surface area (Å²) in [6.45, 7) is 2.90. The molecule has 1 heterocycles. The van der Waals surface area contributed by atoms with Gasteiger partial charge in [0.2, 0.25) is 0 Å². The molecule has 1 unspecified atom stereocenters. The second-order valence-corrected chi connectivity index (χ2v) is 4.83. The maximum Gasteiger partial charge on any atom is 0.150 e. The summed E-state index contributed by atoms with van der Waals surface area (Å²) in [5.74, 6) is -1.02. The second kappa shape index (κ2) is 4.35. The Morgan fingerprint density at radius 2 is 2.22 bits per heavy atom. The maximum absolute atomic E-state index is 13.8. The van der Waals surface area contributed by atoms with E-state index >= 15 is 0 Å². The van der Waals surface area contributed by atoms with Gasteiger partial charge < -0.3 is 10.3 Å². The highest BCUT2D eigenvalue weighted by Gasteiger charge is 2.25. The average molecular weight is 250 g/mol. The van der Waals surface area contributed by atoms with Crippen molar-refractivity contribution in [3.8, 4) is 0 Å². The second-order valence-electron chi connectivity index (χ2n) is 4.83. The lowest BCUT2D eigenvalue weighted by Crippen LogP contribution is -2.24. The van der Waals surface area contributed by atoms with Gasteiger partial charge in [0.05, 0.1) is 5.52 Å². The van der Waals surface area contributed by atoms with E-state index in [0.717, 1.165) is 43.1 Å². The lowest BCUT2D eigenvalue weighted by Gasteiger charge is -2.23. The number of aromatic nitrogens is 1. The van der Waals surface area contributed by atoms with Gasteiger partial charge in [-0.1, -0.05) is 6.92 Å². The van der Waals surface area contributed by atoms with Crippen molar-refractivity contribution in [3.05, 3.63) is 35.0 Å². The lowest BCUT2D eigenvalue weighted by molar-refractivity contribution is 0.472. The van der Waals surface area contributed by atoms with Gasteiger partial charge in [0.25, 0.3) is 0 Å². The molecule has 0 saturated carbocycles. The Bertz CT molecular complexity index is 589. The maximum atomic E-state index is 13.8. The molecule has 18 heavy (non-hydrogen) atoms. The third kappa shape index (κ3) is 1.72. The number of halogens is 2. The summed E-state index contributed by atoms with van der Waals surface area (Å²) in [6, 6.07) is 2.57. The van der Waals surface area contributed by atoms with Gasteiger partial charge in [-0.15, -0.1) is 0 Å². The Morgan fingerprint density at radius 1 is 1.39 bits per heavy atom. The molecule has 1 aromatic heterocycles. The highest BCUT2D eigenvalue weighted by molar-refractivity contribution is 5.86. The molecule has 2 nitrogen and oxygen atoms in total. The third-order valence-electron chi connectivity index (χ3n) is 3.66. The first-order chi connectivity index (χ1) is 8.70. The first-order valence-corrected chi connectivity index (χ1v) is 6.43. The molecular formula is C14H16F2N2. The zero-order chi connectivity index (χ0) is 12.7. The van der Waals surface area contributed by atoms with Crippen LogP contribution < -0.4 is 5.32 Å². The van der Waals surface area contributed by atoms with E-state index in [2.05, 4.69) is 10.3 Å². The smallest absolute Gasteiger partial charge is 0.150 e. The van der Waals surface area contributed by atoms with Crippen LogP contribution in [0, 0.1) is 11.6 Å². The minimum Gasteiger partial charge on any atom is -0.356 e. The van der Waals surface area contributed by atoms with Crippen LogP contribution in [0.15, 0.2) is 12.1 Å². The molecule has 0 radical (unpaired) electrons. The van der Waals surface area contributed by atoms with Crippen molar-refractivity contribution in [2.45, 2.75) is 32.2 Å². The van der Waals surface area contributed by atoms with Crippen LogP contribution in [0.2, 0.25) is 0 Å². The summed E-state index contributed by atoms with van der Waals surface area (Å²) < 4.78 is 27.1. The summed E-state index contributed by atoms with van der Waals surface area (Å²) in [4.78, 5) is 3.12. The van der Waals surface area contributed by atoms with E-state index in [9.17, 15) is 8.78 Å². The molecule has 1 aromatic carbocycles. The fraction of sp³-hybridized carbons (Fsp3) is 0.429. The van der Waals surface area contributed by atoms with Crippen LogP contribution in [0.4, 0.5) is 8.78 Å². The Balaban J connectivity index is 2.23. The van der Waals surface area contributed by atoms with Crippen LogP contribution in [-0.2, 0) is 6.42 Å². The van der Waals surface area contributed by atoms with E-state index in [1.165, 1.54) is 6.07 Å². The Labute approximate surface area is 104 Å². The normalized spacial score (nSPS) is 19.2. The summed E-state index contributed by atoms with van der Waals surface area (Å²) in [7, 11) is 0. The van der Waals surface area contributed by atoms with Crippen LogP contribution in [0.5, 0.6) is 0 Å². The van der Waals surface area contributed by atoms with Gasteiger partial charge >= 0.3 is 0 Å². The molecule has 0 bridgehead atoms. The van der Waals surface area contributed by atoms with Crippen molar-refractivity contribution >= 4 is 10.9 Å². The Kier molecular flexibility index (Phi) is 2.82. The SMILES string of the molecule is CCNC1CCCc2[nH]c3c(F)cc(F)cc3c21. The van der Waals surface area contributed by atoms with Gasteiger partial charge in [0.1, 0.15) is 11.6 Å². The molecule has 0 saturated heterocycles. The Morgan fingerprint density at radius 3 is 3.00 bits per heavy atom. The zero-order valence-corrected chi connectivity index (χ0v) is 10.3. The van der Waals surface area contributed by atoms with Crippen LogP contribution >= 0.6 is 0 Å². The van der Waals surface area contributed by atoms with E-state index in [-0.39, 0.29) is 6.04 Å². The van der Waals surface area contributed by atoms with Crippen molar-refractivity contribution in [1.82, 2.24) is 10.3 Å². The number of nitrogens with one attached hydrogen (secondary N) is 2. The molecule has 96 valence electrons. The number of aryl methyl sites for hydroxylation is 1. The van der Waals surface area contributed by atoms with Crippen molar-refractivity contribution in [2.24, 2.45) is 0 Å². The van der Waals surface area contributed by atoms with Gasteiger partial charge in [-0.3, -0.25) is 0 Å². The van der Waals surface area contributed by atoms with Crippen molar-refractivity contribution in [1.29, 1.82) is 0 Å². The average Bonchev–Trinajstić information content (AvgIpc) is 2.69. The van der Waals surface area contributed by atoms with E-state index in [4.69, 9.17) is 0 Å². The molecule has 0 aliphatic heterocycles. The predicted octanol–water partition coefficient (Wildman–Crippen LogP) is 3.43. The molecule has 1 aliphatic rings. The first-order valence-electron chi connectivity index (χ1n) is 6.43. The molecule has 2 N–H and O–H groups in total. The van der Waals surface area contributed by atoms with Crippen LogP contribution in [0.3, 0.4) is 0 Å². The molecule has 2 aromatic rings. The predicted molar refractivity (Wildman–Crippen MR) is 67.6 cm³/mol. The molecule has 0 fully saturated rings. The van der Waals surface area contributed by atoms with Gasteiger partial charge in [-0.2, -0.15) is 0 Å². The molecule has 0 amide bonds. The molecule has 4 heteroatoms. The minimum absolute atomic E-state index is 0.202. The first kappa shape index (κ1) is 11.7. The summed E-state index contributed by atoms with van der Waals surface area (Å²) in [5.41, 5.74) is 2.54. The van der Waals surface area contributed by atoms with Gasteiger partial charge in [-0.05, 0) is 37.4 Å². The van der Waals surface area contributed by atoms with Crippen LogP contribution in [0.1, 0.15) is 37.1 Å². The van der Waals surface area contributed by atoms with Gasteiger partial charge in [0, 0.05) is 23.2 Å². The summed E-state index contributed by atoms with van der Waals surface area (Å²) in [5, 5.41) is 4.08. The van der Waals surface area contributed by atoms with E-state index in [1.54, 1.807) is 0 Å². The number of hydrogen-bond donors (Lipinski definition) is 2. The number of rotatable bonds is 2. The standard InChI is InChI=1S/C14H16F2N2/c1-2-17-11-4-3-5-12-13(11)9-6-8(15)7-10(16)14(9)18-12/h6-7,11,17-18H,2-5H2,1H3. The lowest BCUT2D eigenvalue weighted by atomic mass is 9.90. The zero-order valence-electron chi connectivity index (χ0n) is 10.3. The molecule has 1 atom stereocenters. The number of aromatic amines is 1. The minimum atomic E-state index is -0.511. The van der Waals surface area contributed by atoms with E-state index in [1.807, 2.05) is 6.92 Å². The number of fused-ring (bicyclic) bond motifs is 3. The number of hydrogen-bond acceptors (Lipinski definition) is 1. The molecule has 3 rings (SSSR count). The van der Waals surface area contributed by atoms with Crippen molar-refractivity contribution < 1.29 is 8.78 Å². The van der Waals surface area contributed by atoms with Gasteiger partial charge in [-0.25, -0.2) is 8.78 Å². The fourth-order valence-electron chi connectivity index (χ4n) is 2.97. The van der Waals surface area contributed by atoms with Crippen molar-refractivity contribution in [2.75, 3.05) is 6.54 Å². The number of H-pyrrole nitrogens is 1. The van der Waals surface area contributed by atoms with E-state index in [0.29, 0.717) is 10.9 Å². The third-order valence-corrected chi connectivity index (χ3v) is 3.66. The summed E-state index contributed by atoms with van der Waals surface area (Å²) >= 11 is 0. The monoisotopic (exact) mass is 250 g/mol. The molecule has 1 aliphatic carbocycles. The highest BCUT2D eigenvalue weighted by atomic mass is 19.1. The fourth-order valence-corrected chi connectivity index (χ4v) is 2.97. The van der Waals surface area contributed by atoms with E-state index < -0.39 is 11.6 Å². The van der Waals surface area contributed by atoms with Crippen molar-refractivity contribution in [3.63, 3.8) is 0 Å². The Hall–Kier alpha value is -1.42. The highest BCUT2D eigenvalue weighted by Crippen LogP contribution is 2.36. The largest absolute Gasteiger partial charge is 0.356 e.